The molecule has 2 aliphatic carbocycles. The Labute approximate surface area is 178 Å². The van der Waals surface area contributed by atoms with Crippen molar-refractivity contribution in [1.29, 1.82) is 0 Å². The van der Waals surface area contributed by atoms with Crippen LogP contribution >= 0.6 is 0 Å². The molecule has 2 rings (SSSR count). The Balaban J connectivity index is 0.00000143. The molecule has 0 bridgehead atoms. The summed E-state index contributed by atoms with van der Waals surface area (Å²) in [6, 6.07) is 0. The minimum Gasteiger partial charge on any atom is -0.490 e. The van der Waals surface area contributed by atoms with Crippen LogP contribution in [0.2, 0.25) is 0 Å². The first-order valence-corrected chi connectivity index (χ1v) is 10.6. The van der Waals surface area contributed by atoms with Crippen LogP contribution in [-0.2, 0) is 14.3 Å². The van der Waals surface area contributed by atoms with Gasteiger partial charge in [-0.15, -0.1) is 12.3 Å². The maximum absolute atomic E-state index is 11.3. The van der Waals surface area contributed by atoms with Crippen molar-refractivity contribution >= 4 is 5.97 Å². The number of esters is 1. The van der Waals surface area contributed by atoms with Gasteiger partial charge in [-0.05, 0) is 50.7 Å². The summed E-state index contributed by atoms with van der Waals surface area (Å²) in [6.45, 7) is 7.90. The molecule has 0 aromatic carbocycles. The van der Waals surface area contributed by atoms with Gasteiger partial charge in [0.1, 0.15) is 11.9 Å². The molecule has 0 saturated carbocycles. The molecule has 0 saturated heterocycles. The van der Waals surface area contributed by atoms with Gasteiger partial charge in [0.15, 0.2) is 0 Å². The molecule has 0 fully saturated rings. The zero-order valence-electron chi connectivity index (χ0n) is 18.8. The lowest BCUT2D eigenvalue weighted by molar-refractivity contribution is -0.140. The van der Waals surface area contributed by atoms with Crippen LogP contribution in [0.5, 0.6) is 0 Å². The van der Waals surface area contributed by atoms with Gasteiger partial charge < -0.3 is 9.47 Å². The topological polar surface area (TPSA) is 35.5 Å². The summed E-state index contributed by atoms with van der Waals surface area (Å²) in [5.74, 6) is 3.60. The van der Waals surface area contributed by atoms with E-state index in [1.165, 1.54) is 7.11 Å². The molecule has 29 heavy (non-hydrogen) atoms. The summed E-state index contributed by atoms with van der Waals surface area (Å²) in [5, 5.41) is 0. The Kier molecular flexibility index (Phi) is 16.1. The Morgan fingerprint density at radius 2 is 1.93 bits per heavy atom. The van der Waals surface area contributed by atoms with Crippen molar-refractivity contribution in [1.82, 2.24) is 0 Å². The molecular weight excluding hydrogens is 360 g/mol. The van der Waals surface area contributed by atoms with Crippen LogP contribution in [0, 0.1) is 18.3 Å². The molecule has 0 N–H and O–H groups in total. The van der Waals surface area contributed by atoms with E-state index in [1.807, 2.05) is 19.9 Å². The molecular formula is C26H38O3. The summed E-state index contributed by atoms with van der Waals surface area (Å²) < 4.78 is 10.9. The minimum absolute atomic E-state index is 0.168. The van der Waals surface area contributed by atoms with Crippen molar-refractivity contribution in [2.24, 2.45) is 5.92 Å². The fourth-order valence-corrected chi connectivity index (χ4v) is 2.80. The van der Waals surface area contributed by atoms with Gasteiger partial charge in [0.05, 0.1) is 7.11 Å². The number of rotatable bonds is 5. The molecule has 0 aliphatic heterocycles. The lowest BCUT2D eigenvalue weighted by Crippen LogP contribution is -2.12. The monoisotopic (exact) mass is 398 g/mol. The fourth-order valence-electron chi connectivity index (χ4n) is 2.80. The number of methoxy groups -OCH3 is 1. The Morgan fingerprint density at radius 1 is 1.21 bits per heavy atom. The van der Waals surface area contributed by atoms with Crippen LogP contribution in [0.3, 0.4) is 0 Å². The smallest absolute Gasteiger partial charge is 0.305 e. The van der Waals surface area contributed by atoms with E-state index in [4.69, 9.17) is 9.47 Å². The molecule has 3 nitrogen and oxygen atoms in total. The average molecular weight is 399 g/mol. The second kappa shape index (κ2) is 17.6. The third-order valence-electron chi connectivity index (χ3n) is 4.34. The first kappa shape index (κ1) is 26.5. The zero-order chi connectivity index (χ0) is 21.9. The lowest BCUT2D eigenvalue weighted by atomic mass is 10.0. The summed E-state index contributed by atoms with van der Waals surface area (Å²) in [4.78, 5) is 11.3. The fraction of sp³-hybridized carbons (Fsp3) is 0.500. The lowest BCUT2D eigenvalue weighted by Gasteiger charge is -2.19. The highest BCUT2D eigenvalue weighted by atomic mass is 16.5. The standard InChI is InChI=1S/C21H28O3.C3H4.C2H6/c1-17-7-4-3-5-9-19(14-11-17)24-20-10-6-8-18(12-15-20)13-16-21(22)23-2;1-3-2;1-2/h3-5,7-8,10,12,15,17,19H,6,9,11,13-14,16H2,1-2H3;1H,2H3;1-2H3/b5-3-,7-4-;;. The maximum atomic E-state index is 11.3. The van der Waals surface area contributed by atoms with Gasteiger partial charge in [-0.25, -0.2) is 0 Å². The predicted molar refractivity (Wildman–Crippen MR) is 123 cm³/mol. The van der Waals surface area contributed by atoms with Crippen molar-refractivity contribution < 1.29 is 14.3 Å². The molecule has 2 aliphatic rings. The molecule has 0 radical (unpaired) electrons. The van der Waals surface area contributed by atoms with Crippen LogP contribution in [0.25, 0.3) is 0 Å². The normalized spacial score (nSPS) is 22.6. The summed E-state index contributed by atoms with van der Waals surface area (Å²) >= 11 is 0. The molecule has 0 aromatic heterocycles. The van der Waals surface area contributed by atoms with E-state index in [0.29, 0.717) is 18.8 Å². The van der Waals surface area contributed by atoms with Crippen LogP contribution in [-0.4, -0.2) is 19.2 Å². The van der Waals surface area contributed by atoms with Gasteiger partial charge in [-0.1, -0.05) is 62.8 Å². The SMILES string of the molecule is C#CC.CC.COC(=O)CCC1=CCC=C(OC2C/C=C\C=C/C(C)CC2)C=C1. The highest BCUT2D eigenvalue weighted by molar-refractivity contribution is 5.69. The van der Waals surface area contributed by atoms with Crippen LogP contribution in [0.15, 0.2) is 59.9 Å². The van der Waals surface area contributed by atoms with Crippen molar-refractivity contribution in [3.05, 3.63) is 59.9 Å². The van der Waals surface area contributed by atoms with Crippen LogP contribution < -0.4 is 0 Å². The molecule has 0 aromatic rings. The quantitative estimate of drug-likeness (QED) is 0.382. The summed E-state index contributed by atoms with van der Waals surface area (Å²) in [6.07, 6.45) is 26.9. The highest BCUT2D eigenvalue weighted by Crippen LogP contribution is 2.22. The van der Waals surface area contributed by atoms with Crippen LogP contribution in [0.1, 0.15) is 66.2 Å². The first-order chi connectivity index (χ1) is 14.1. The van der Waals surface area contributed by atoms with Crippen molar-refractivity contribution in [2.75, 3.05) is 7.11 Å². The predicted octanol–water partition coefficient (Wildman–Crippen LogP) is 6.69. The number of hydrogen-bond donors (Lipinski definition) is 0. The molecule has 3 heteroatoms. The third kappa shape index (κ3) is 13.4. The van der Waals surface area contributed by atoms with Gasteiger partial charge in [-0.2, -0.15) is 0 Å². The van der Waals surface area contributed by atoms with E-state index in [9.17, 15) is 4.79 Å². The van der Waals surface area contributed by atoms with Gasteiger partial charge in [0.2, 0.25) is 0 Å². The van der Waals surface area contributed by atoms with E-state index in [0.717, 1.165) is 37.0 Å². The second-order valence-electron chi connectivity index (χ2n) is 6.66. The van der Waals surface area contributed by atoms with E-state index >= 15 is 0 Å². The molecule has 0 spiro atoms. The number of carbonyl (C=O) groups excluding carboxylic acids is 1. The van der Waals surface area contributed by atoms with Crippen LogP contribution in [0.4, 0.5) is 0 Å². The molecule has 2 unspecified atom stereocenters. The van der Waals surface area contributed by atoms with Crippen molar-refractivity contribution in [3.63, 3.8) is 0 Å². The second-order valence-corrected chi connectivity index (χ2v) is 6.66. The largest absolute Gasteiger partial charge is 0.490 e. The minimum atomic E-state index is -0.168. The van der Waals surface area contributed by atoms with Crippen molar-refractivity contribution in [3.8, 4) is 12.3 Å². The Bertz CT molecular complexity index is 641. The number of terminal acetylenes is 1. The number of carbonyl (C=O) groups is 1. The third-order valence-corrected chi connectivity index (χ3v) is 4.34. The van der Waals surface area contributed by atoms with E-state index in [1.54, 1.807) is 6.92 Å². The number of hydrogen-bond acceptors (Lipinski definition) is 3. The highest BCUT2D eigenvalue weighted by Gasteiger charge is 2.13. The van der Waals surface area contributed by atoms with Gasteiger partial charge in [0, 0.05) is 12.8 Å². The Morgan fingerprint density at radius 3 is 2.62 bits per heavy atom. The molecule has 0 amide bonds. The average Bonchev–Trinajstić information content (AvgIpc) is 2.90. The van der Waals surface area contributed by atoms with Gasteiger partial charge in [0.25, 0.3) is 0 Å². The van der Waals surface area contributed by atoms with Gasteiger partial charge in [-0.3, -0.25) is 4.79 Å². The van der Waals surface area contributed by atoms with Crippen molar-refractivity contribution in [2.45, 2.75) is 72.3 Å². The Hall–Kier alpha value is -2.47. The maximum Gasteiger partial charge on any atom is 0.305 e. The zero-order valence-corrected chi connectivity index (χ0v) is 18.8. The summed E-state index contributed by atoms with van der Waals surface area (Å²) in [5.41, 5.74) is 1.16. The molecule has 2 atom stereocenters. The first-order valence-electron chi connectivity index (χ1n) is 10.6. The molecule has 0 heterocycles. The number of ether oxygens (including phenoxy) is 2. The summed E-state index contributed by atoms with van der Waals surface area (Å²) in [7, 11) is 1.43. The van der Waals surface area contributed by atoms with E-state index < -0.39 is 0 Å². The molecule has 160 valence electrons. The van der Waals surface area contributed by atoms with E-state index in [-0.39, 0.29) is 12.1 Å². The van der Waals surface area contributed by atoms with E-state index in [2.05, 4.69) is 61.8 Å². The van der Waals surface area contributed by atoms with Gasteiger partial charge >= 0.3 is 5.97 Å². The number of allylic oxidation sites excluding steroid dienone is 8.